The van der Waals surface area contributed by atoms with Crippen LogP contribution in [0.25, 0.3) is 0 Å². The van der Waals surface area contributed by atoms with Crippen molar-refractivity contribution in [1.29, 1.82) is 0 Å². The summed E-state index contributed by atoms with van der Waals surface area (Å²) in [6.07, 6.45) is 0.0422. The van der Waals surface area contributed by atoms with Crippen LogP contribution in [0.5, 0.6) is 0 Å². The highest BCUT2D eigenvalue weighted by Gasteiger charge is 2.27. The number of ether oxygens (including phenoxy) is 1. The van der Waals surface area contributed by atoms with Crippen molar-refractivity contribution in [3.05, 3.63) is 35.9 Å². The number of aliphatic imine (C=N–C) groups is 1. The molecular formula is C19H32N4O3S. The van der Waals surface area contributed by atoms with E-state index in [1.165, 1.54) is 0 Å². The fraction of sp³-hybridized carbons (Fsp3) is 0.632. The van der Waals surface area contributed by atoms with E-state index in [-0.39, 0.29) is 18.5 Å². The third-order valence-corrected chi connectivity index (χ3v) is 6.15. The average Bonchev–Trinajstić information content (AvgIpc) is 2.65. The van der Waals surface area contributed by atoms with Gasteiger partial charge in [0.25, 0.3) is 0 Å². The summed E-state index contributed by atoms with van der Waals surface area (Å²) >= 11 is 0. The van der Waals surface area contributed by atoms with E-state index in [2.05, 4.69) is 22.3 Å². The third-order valence-electron chi connectivity index (χ3n) is 4.31. The summed E-state index contributed by atoms with van der Waals surface area (Å²) in [5.41, 5.74) is 1.15. The second-order valence-electron chi connectivity index (χ2n) is 6.78. The Morgan fingerprint density at radius 2 is 1.85 bits per heavy atom. The molecule has 1 N–H and O–H groups in total. The lowest BCUT2D eigenvalue weighted by Gasteiger charge is -2.36. The minimum atomic E-state index is -3.27. The minimum absolute atomic E-state index is 0.0351. The third kappa shape index (κ3) is 7.12. The van der Waals surface area contributed by atoms with E-state index in [1.807, 2.05) is 39.0 Å². The maximum absolute atomic E-state index is 12.5. The van der Waals surface area contributed by atoms with Gasteiger partial charge in [-0.15, -0.1) is 0 Å². The van der Waals surface area contributed by atoms with E-state index in [1.54, 1.807) is 4.31 Å². The number of guanidine groups is 1. The molecule has 152 valence electrons. The lowest BCUT2D eigenvalue weighted by molar-refractivity contribution is 0.0904. The van der Waals surface area contributed by atoms with Crippen LogP contribution in [0.3, 0.4) is 0 Å². The van der Waals surface area contributed by atoms with E-state index in [0.29, 0.717) is 32.7 Å². The number of hydrogen-bond acceptors (Lipinski definition) is 4. The number of piperazine rings is 1. The fourth-order valence-electron chi connectivity index (χ4n) is 2.87. The number of sulfonamides is 1. The van der Waals surface area contributed by atoms with Crippen molar-refractivity contribution >= 4 is 16.0 Å². The Labute approximate surface area is 163 Å². The molecule has 2 rings (SSSR count). The van der Waals surface area contributed by atoms with Crippen molar-refractivity contribution < 1.29 is 13.2 Å². The first-order valence-corrected chi connectivity index (χ1v) is 11.2. The van der Waals surface area contributed by atoms with E-state index in [9.17, 15) is 8.42 Å². The summed E-state index contributed by atoms with van der Waals surface area (Å²) in [4.78, 5) is 6.84. The minimum Gasteiger partial charge on any atom is -0.378 e. The molecule has 0 aromatic heterocycles. The molecule has 0 bridgehead atoms. The molecule has 0 saturated carbocycles. The van der Waals surface area contributed by atoms with Crippen LogP contribution in [0, 0.1) is 0 Å². The lowest BCUT2D eigenvalue weighted by Crippen LogP contribution is -2.54. The van der Waals surface area contributed by atoms with Crippen molar-refractivity contribution in [2.45, 2.75) is 33.4 Å². The van der Waals surface area contributed by atoms with E-state index < -0.39 is 10.0 Å². The average molecular weight is 397 g/mol. The topological polar surface area (TPSA) is 74.2 Å². The van der Waals surface area contributed by atoms with Crippen molar-refractivity contribution in [2.24, 2.45) is 4.99 Å². The smallest absolute Gasteiger partial charge is 0.216 e. The summed E-state index contributed by atoms with van der Waals surface area (Å²) < 4.78 is 31.9. The molecule has 1 aromatic carbocycles. The zero-order valence-corrected chi connectivity index (χ0v) is 17.4. The number of nitrogens with one attached hydrogen (secondary N) is 1. The van der Waals surface area contributed by atoms with Gasteiger partial charge in [-0.05, 0) is 26.3 Å². The Morgan fingerprint density at radius 3 is 2.44 bits per heavy atom. The van der Waals surface area contributed by atoms with Gasteiger partial charge in [-0.25, -0.2) is 13.4 Å². The van der Waals surface area contributed by atoms with Crippen LogP contribution in [0.15, 0.2) is 35.3 Å². The zero-order chi connectivity index (χ0) is 19.7. The van der Waals surface area contributed by atoms with Gasteiger partial charge in [-0.3, -0.25) is 0 Å². The van der Waals surface area contributed by atoms with Gasteiger partial charge in [0.2, 0.25) is 10.0 Å². The molecule has 0 aliphatic carbocycles. The summed E-state index contributed by atoms with van der Waals surface area (Å²) in [6, 6.07) is 10.1. The van der Waals surface area contributed by atoms with Crippen LogP contribution in [-0.2, 0) is 21.3 Å². The van der Waals surface area contributed by atoms with Crippen molar-refractivity contribution in [2.75, 3.05) is 45.1 Å². The summed E-state index contributed by atoms with van der Waals surface area (Å²) in [5, 5.41) is 3.31. The number of nitrogens with zero attached hydrogens (tertiary/aromatic N) is 3. The molecule has 7 nitrogen and oxygen atoms in total. The largest absolute Gasteiger partial charge is 0.378 e. The Balaban J connectivity index is 1.91. The molecular weight excluding hydrogens is 364 g/mol. The van der Waals surface area contributed by atoms with Gasteiger partial charge in [0.15, 0.2) is 5.96 Å². The number of rotatable bonds is 8. The first-order valence-electron chi connectivity index (χ1n) is 9.59. The summed E-state index contributed by atoms with van der Waals surface area (Å²) in [7, 11) is -3.27. The van der Waals surface area contributed by atoms with Crippen LogP contribution >= 0.6 is 0 Å². The molecule has 1 aromatic rings. The Hall–Kier alpha value is -1.64. The Bertz CT molecular complexity index is 684. The van der Waals surface area contributed by atoms with Crippen molar-refractivity contribution in [3.63, 3.8) is 0 Å². The second-order valence-corrected chi connectivity index (χ2v) is 8.87. The van der Waals surface area contributed by atoms with Crippen molar-refractivity contribution in [3.8, 4) is 0 Å². The van der Waals surface area contributed by atoms with Gasteiger partial charge in [0, 0.05) is 32.7 Å². The SMILES string of the molecule is CCNC(=NCc1ccccc1)N1CCN(S(=O)(=O)CCOC(C)C)CC1. The molecule has 8 heteroatoms. The second kappa shape index (κ2) is 10.6. The molecule has 27 heavy (non-hydrogen) atoms. The molecule has 0 radical (unpaired) electrons. The van der Waals surface area contributed by atoms with Crippen LogP contribution in [0.2, 0.25) is 0 Å². The zero-order valence-electron chi connectivity index (χ0n) is 16.6. The van der Waals surface area contributed by atoms with Gasteiger partial charge < -0.3 is 15.0 Å². The van der Waals surface area contributed by atoms with Gasteiger partial charge in [0.1, 0.15) is 0 Å². The molecule has 0 atom stereocenters. The Morgan fingerprint density at radius 1 is 1.19 bits per heavy atom. The number of hydrogen-bond donors (Lipinski definition) is 1. The highest BCUT2D eigenvalue weighted by atomic mass is 32.2. The maximum atomic E-state index is 12.5. The van der Waals surface area contributed by atoms with Crippen LogP contribution in [0.1, 0.15) is 26.3 Å². The number of benzene rings is 1. The normalized spacial score (nSPS) is 16.7. The summed E-state index contributed by atoms with van der Waals surface area (Å²) in [6.45, 7) is 9.67. The quantitative estimate of drug-likeness (QED) is 0.533. The van der Waals surface area contributed by atoms with Crippen LogP contribution in [-0.4, -0.2) is 74.8 Å². The van der Waals surface area contributed by atoms with Crippen LogP contribution in [0.4, 0.5) is 0 Å². The van der Waals surface area contributed by atoms with Crippen LogP contribution < -0.4 is 5.32 Å². The highest BCUT2D eigenvalue weighted by molar-refractivity contribution is 7.89. The predicted molar refractivity (Wildman–Crippen MR) is 109 cm³/mol. The van der Waals surface area contributed by atoms with E-state index in [0.717, 1.165) is 18.1 Å². The summed E-state index contributed by atoms with van der Waals surface area (Å²) in [5.74, 6) is 0.870. The molecule has 1 saturated heterocycles. The molecule has 1 fully saturated rings. The molecule has 1 aliphatic rings. The fourth-order valence-corrected chi connectivity index (χ4v) is 4.16. The standard InChI is InChI=1S/C19H32N4O3S/c1-4-20-19(21-16-18-8-6-5-7-9-18)22-10-12-23(13-11-22)27(24,25)15-14-26-17(2)3/h5-9,17H,4,10-16H2,1-3H3,(H,20,21). The van der Waals surface area contributed by atoms with E-state index >= 15 is 0 Å². The molecule has 0 unspecified atom stereocenters. The predicted octanol–water partition coefficient (Wildman–Crippen LogP) is 1.52. The Kier molecular flexibility index (Phi) is 8.53. The molecule has 0 amide bonds. The molecule has 1 heterocycles. The first-order chi connectivity index (χ1) is 12.9. The monoisotopic (exact) mass is 396 g/mol. The first kappa shape index (κ1) is 21.7. The van der Waals surface area contributed by atoms with Gasteiger partial charge in [-0.2, -0.15) is 4.31 Å². The highest BCUT2D eigenvalue weighted by Crippen LogP contribution is 2.10. The van der Waals surface area contributed by atoms with Gasteiger partial charge >= 0.3 is 0 Å². The van der Waals surface area contributed by atoms with Gasteiger partial charge in [0.05, 0.1) is 25.0 Å². The van der Waals surface area contributed by atoms with Crippen molar-refractivity contribution in [1.82, 2.24) is 14.5 Å². The van der Waals surface area contributed by atoms with Gasteiger partial charge in [-0.1, -0.05) is 30.3 Å². The molecule has 0 spiro atoms. The van der Waals surface area contributed by atoms with E-state index in [4.69, 9.17) is 9.73 Å². The maximum Gasteiger partial charge on any atom is 0.216 e. The molecule has 1 aliphatic heterocycles. The lowest BCUT2D eigenvalue weighted by atomic mass is 10.2.